The van der Waals surface area contributed by atoms with Gasteiger partial charge in [-0.3, -0.25) is 4.79 Å². The van der Waals surface area contributed by atoms with Gasteiger partial charge in [-0.15, -0.1) is 0 Å². The molecule has 0 aliphatic carbocycles. The van der Waals surface area contributed by atoms with E-state index in [9.17, 15) is 9.59 Å². The lowest BCUT2D eigenvalue weighted by molar-refractivity contribution is -0.144. The molecule has 1 aromatic rings. The first-order valence-electron chi connectivity index (χ1n) is 6.39. The third-order valence-electron chi connectivity index (χ3n) is 3.10. The van der Waals surface area contributed by atoms with Gasteiger partial charge in [-0.25, -0.2) is 9.78 Å². The first kappa shape index (κ1) is 14.1. The van der Waals surface area contributed by atoms with Crippen LogP contribution in [0.3, 0.4) is 0 Å². The zero-order valence-electron chi connectivity index (χ0n) is 11.5. The number of amides is 1. The second-order valence-electron chi connectivity index (χ2n) is 4.65. The number of methoxy groups -OCH3 is 1. The van der Waals surface area contributed by atoms with Crippen molar-refractivity contribution in [2.24, 2.45) is 0 Å². The number of nitrogens with zero attached hydrogens (tertiary/aromatic N) is 2. The molecule has 108 valence electrons. The van der Waals surface area contributed by atoms with Crippen molar-refractivity contribution in [2.75, 3.05) is 7.11 Å². The van der Waals surface area contributed by atoms with Gasteiger partial charge in [-0.1, -0.05) is 6.08 Å². The maximum Gasteiger partial charge on any atom is 0.328 e. The molecule has 2 atom stereocenters. The predicted octanol–water partition coefficient (Wildman–Crippen LogP) is -0.193. The lowest BCUT2D eigenvalue weighted by atomic mass is 10.2. The lowest BCUT2D eigenvalue weighted by Gasteiger charge is -2.17. The quantitative estimate of drug-likeness (QED) is 0.729. The minimum atomic E-state index is -0.646. The van der Waals surface area contributed by atoms with E-state index in [-0.39, 0.29) is 11.9 Å². The SMILES string of the molecule is COC(=O)[C@H](C)NC(=O)C1CC=C(Cn2ccnc2)N1. The summed E-state index contributed by atoms with van der Waals surface area (Å²) in [6.45, 7) is 2.24. The molecule has 0 aromatic carbocycles. The first-order chi connectivity index (χ1) is 9.60. The van der Waals surface area contributed by atoms with E-state index in [0.29, 0.717) is 13.0 Å². The van der Waals surface area contributed by atoms with Crippen LogP contribution >= 0.6 is 0 Å². The summed E-state index contributed by atoms with van der Waals surface area (Å²) in [5.74, 6) is -0.664. The van der Waals surface area contributed by atoms with Crippen LogP contribution in [0.25, 0.3) is 0 Å². The second kappa shape index (κ2) is 6.23. The molecule has 1 unspecified atom stereocenters. The number of nitrogens with one attached hydrogen (secondary N) is 2. The van der Waals surface area contributed by atoms with Crippen LogP contribution in [0.5, 0.6) is 0 Å². The average molecular weight is 278 g/mol. The van der Waals surface area contributed by atoms with E-state index in [4.69, 9.17) is 0 Å². The van der Waals surface area contributed by atoms with E-state index in [0.717, 1.165) is 5.70 Å². The molecular formula is C13H18N4O3. The topological polar surface area (TPSA) is 85.2 Å². The molecule has 7 nitrogen and oxygen atoms in total. The Bertz CT molecular complexity index is 510. The van der Waals surface area contributed by atoms with E-state index in [1.54, 1.807) is 19.4 Å². The zero-order chi connectivity index (χ0) is 14.5. The molecule has 2 rings (SSSR count). The normalized spacial score (nSPS) is 18.9. The number of allylic oxidation sites excluding steroid dienone is 1. The van der Waals surface area contributed by atoms with Crippen LogP contribution in [0, 0.1) is 0 Å². The molecule has 7 heteroatoms. The number of rotatable bonds is 5. The summed E-state index contributed by atoms with van der Waals surface area (Å²) in [5, 5.41) is 5.76. The molecule has 0 radical (unpaired) electrons. The summed E-state index contributed by atoms with van der Waals surface area (Å²) in [7, 11) is 1.30. The summed E-state index contributed by atoms with van der Waals surface area (Å²) in [5.41, 5.74) is 0.967. The maximum atomic E-state index is 12.0. The van der Waals surface area contributed by atoms with Crippen molar-refractivity contribution in [3.8, 4) is 0 Å². The van der Waals surface area contributed by atoms with Gasteiger partial charge in [0.05, 0.1) is 20.0 Å². The van der Waals surface area contributed by atoms with Crippen LogP contribution in [0.4, 0.5) is 0 Å². The molecule has 0 spiro atoms. The number of esters is 1. The van der Waals surface area contributed by atoms with Crippen molar-refractivity contribution in [1.29, 1.82) is 0 Å². The predicted molar refractivity (Wildman–Crippen MR) is 71.5 cm³/mol. The molecule has 2 heterocycles. The molecule has 0 fully saturated rings. The molecule has 0 bridgehead atoms. The van der Waals surface area contributed by atoms with E-state index in [2.05, 4.69) is 20.4 Å². The summed E-state index contributed by atoms with van der Waals surface area (Å²) in [6, 6.07) is -0.993. The van der Waals surface area contributed by atoms with Crippen LogP contribution in [-0.4, -0.2) is 40.6 Å². The molecule has 20 heavy (non-hydrogen) atoms. The standard InChI is InChI=1S/C13H18N4O3/c1-9(13(19)20-2)15-12(18)11-4-3-10(16-11)7-17-6-5-14-8-17/h3,5-6,8-9,11,16H,4,7H2,1-2H3,(H,15,18)/t9-,11?/m0/s1. The minimum Gasteiger partial charge on any atom is -0.467 e. The fraction of sp³-hybridized carbons (Fsp3) is 0.462. The number of hydrogen-bond acceptors (Lipinski definition) is 5. The smallest absolute Gasteiger partial charge is 0.328 e. The monoisotopic (exact) mass is 278 g/mol. The molecule has 0 saturated heterocycles. The Morgan fingerprint density at radius 2 is 2.45 bits per heavy atom. The third kappa shape index (κ3) is 3.37. The summed E-state index contributed by atoms with van der Waals surface area (Å²) >= 11 is 0. The number of ether oxygens (including phenoxy) is 1. The van der Waals surface area contributed by atoms with Gasteiger partial charge in [0, 0.05) is 18.1 Å². The summed E-state index contributed by atoms with van der Waals surface area (Å²) in [4.78, 5) is 27.2. The van der Waals surface area contributed by atoms with Crippen molar-refractivity contribution >= 4 is 11.9 Å². The van der Waals surface area contributed by atoms with Gasteiger partial charge in [0.25, 0.3) is 0 Å². The van der Waals surface area contributed by atoms with Gasteiger partial charge in [-0.2, -0.15) is 0 Å². The Balaban J connectivity index is 1.82. The Morgan fingerprint density at radius 3 is 3.10 bits per heavy atom. The molecule has 0 saturated carbocycles. The Morgan fingerprint density at radius 1 is 1.65 bits per heavy atom. The number of imidazole rings is 1. The van der Waals surface area contributed by atoms with Crippen LogP contribution < -0.4 is 10.6 Å². The van der Waals surface area contributed by atoms with Gasteiger partial charge in [0.2, 0.25) is 5.91 Å². The second-order valence-corrected chi connectivity index (χ2v) is 4.65. The van der Waals surface area contributed by atoms with Gasteiger partial charge in [0.15, 0.2) is 0 Å². The van der Waals surface area contributed by atoms with Crippen LogP contribution in [0.15, 0.2) is 30.5 Å². The van der Waals surface area contributed by atoms with Gasteiger partial charge >= 0.3 is 5.97 Å². The number of carbonyl (C=O) groups is 2. The van der Waals surface area contributed by atoms with Crippen molar-refractivity contribution < 1.29 is 14.3 Å². The van der Waals surface area contributed by atoms with Crippen molar-refractivity contribution in [1.82, 2.24) is 20.2 Å². The zero-order valence-corrected chi connectivity index (χ0v) is 11.5. The van der Waals surface area contributed by atoms with Crippen molar-refractivity contribution in [2.45, 2.75) is 32.0 Å². The molecule has 1 amide bonds. The molecule has 1 aromatic heterocycles. The number of carbonyl (C=O) groups excluding carboxylic acids is 2. The van der Waals surface area contributed by atoms with Crippen LogP contribution in [0.1, 0.15) is 13.3 Å². The molecular weight excluding hydrogens is 260 g/mol. The molecule has 1 aliphatic rings. The number of aromatic nitrogens is 2. The van der Waals surface area contributed by atoms with Gasteiger partial charge in [-0.05, 0) is 13.3 Å². The fourth-order valence-corrected chi connectivity index (χ4v) is 2.01. The average Bonchev–Trinajstić information content (AvgIpc) is 3.09. The fourth-order valence-electron chi connectivity index (χ4n) is 2.01. The highest BCUT2D eigenvalue weighted by atomic mass is 16.5. The highest BCUT2D eigenvalue weighted by Crippen LogP contribution is 2.11. The van der Waals surface area contributed by atoms with Crippen LogP contribution in [-0.2, 0) is 20.9 Å². The Kier molecular flexibility index (Phi) is 4.39. The molecule has 2 N–H and O–H groups in total. The first-order valence-corrected chi connectivity index (χ1v) is 6.39. The summed E-state index contributed by atoms with van der Waals surface area (Å²) < 4.78 is 6.48. The van der Waals surface area contributed by atoms with E-state index < -0.39 is 12.0 Å². The van der Waals surface area contributed by atoms with Gasteiger partial charge < -0.3 is 19.9 Å². The van der Waals surface area contributed by atoms with Crippen molar-refractivity contribution in [3.05, 3.63) is 30.5 Å². The largest absolute Gasteiger partial charge is 0.467 e. The highest BCUT2D eigenvalue weighted by molar-refractivity contribution is 5.87. The maximum absolute atomic E-state index is 12.0. The Labute approximate surface area is 117 Å². The van der Waals surface area contributed by atoms with E-state index in [1.165, 1.54) is 7.11 Å². The van der Waals surface area contributed by atoms with Gasteiger partial charge in [0.1, 0.15) is 12.1 Å². The van der Waals surface area contributed by atoms with E-state index in [1.807, 2.05) is 16.8 Å². The van der Waals surface area contributed by atoms with Crippen LogP contribution in [0.2, 0.25) is 0 Å². The number of hydrogen-bond donors (Lipinski definition) is 2. The Hall–Kier alpha value is -2.31. The van der Waals surface area contributed by atoms with E-state index >= 15 is 0 Å². The van der Waals surface area contributed by atoms with Crippen molar-refractivity contribution in [3.63, 3.8) is 0 Å². The molecule has 1 aliphatic heterocycles. The minimum absolute atomic E-state index is 0.209. The highest BCUT2D eigenvalue weighted by Gasteiger charge is 2.26. The summed E-state index contributed by atoms with van der Waals surface area (Å²) in [6.07, 6.45) is 7.86. The lowest BCUT2D eigenvalue weighted by Crippen LogP contribution is -2.47. The third-order valence-corrected chi connectivity index (χ3v) is 3.10.